The van der Waals surface area contributed by atoms with Crippen molar-refractivity contribution in [2.24, 2.45) is 5.73 Å². The maximum Gasteiger partial charge on any atom is 0.271 e. The van der Waals surface area contributed by atoms with Gasteiger partial charge in [0.15, 0.2) is 5.69 Å². The Bertz CT molecular complexity index is 364. The fourth-order valence-corrected chi connectivity index (χ4v) is 1.40. The molecule has 0 spiro atoms. The first kappa shape index (κ1) is 12.6. The number of rotatable bonds is 6. The minimum Gasteiger partial charge on any atom is -0.396 e. The Morgan fingerprint density at radius 2 is 2.38 bits per heavy atom. The Kier molecular flexibility index (Phi) is 4.39. The number of carbonyl (C=O) groups excluding carboxylic acids is 1. The summed E-state index contributed by atoms with van der Waals surface area (Å²) in [5.74, 6) is -0.630. The average molecular weight is 228 g/mol. The van der Waals surface area contributed by atoms with Crippen LogP contribution in [0.3, 0.4) is 0 Å². The van der Waals surface area contributed by atoms with E-state index in [4.69, 9.17) is 15.6 Å². The molecule has 0 saturated carbocycles. The van der Waals surface area contributed by atoms with Gasteiger partial charge in [-0.25, -0.2) is 4.68 Å². The molecule has 1 rings (SSSR count). The van der Waals surface area contributed by atoms with Crippen molar-refractivity contribution >= 4 is 5.91 Å². The number of aliphatic hydroxyl groups excluding tert-OH is 1. The molecule has 1 atom stereocenters. The smallest absolute Gasteiger partial charge is 0.271 e. The van der Waals surface area contributed by atoms with Gasteiger partial charge in [-0.05, 0) is 13.3 Å². The summed E-state index contributed by atoms with van der Waals surface area (Å²) in [7, 11) is 1.53. The Morgan fingerprint density at radius 1 is 1.69 bits per heavy atom. The van der Waals surface area contributed by atoms with Crippen LogP contribution in [0.5, 0.6) is 0 Å². The van der Waals surface area contributed by atoms with E-state index in [2.05, 4.69) is 10.3 Å². The number of nitrogens with two attached hydrogens (primary N) is 1. The molecular weight excluding hydrogens is 212 g/mol. The SMILES string of the molecule is COC(C)c1c(C(N)=O)nnn1CCCO. The van der Waals surface area contributed by atoms with E-state index in [1.54, 1.807) is 6.92 Å². The summed E-state index contributed by atoms with van der Waals surface area (Å²) in [4.78, 5) is 11.1. The van der Waals surface area contributed by atoms with Crippen LogP contribution in [0.2, 0.25) is 0 Å². The van der Waals surface area contributed by atoms with Crippen molar-refractivity contribution in [3.05, 3.63) is 11.4 Å². The summed E-state index contributed by atoms with van der Waals surface area (Å²) < 4.78 is 6.67. The zero-order valence-electron chi connectivity index (χ0n) is 9.38. The van der Waals surface area contributed by atoms with Gasteiger partial charge in [0.25, 0.3) is 5.91 Å². The number of hydrogen-bond donors (Lipinski definition) is 2. The molecule has 16 heavy (non-hydrogen) atoms. The first-order chi connectivity index (χ1) is 7.61. The van der Waals surface area contributed by atoms with E-state index in [0.29, 0.717) is 18.7 Å². The topological polar surface area (TPSA) is 103 Å². The molecule has 90 valence electrons. The molecule has 7 nitrogen and oxygen atoms in total. The normalized spacial score (nSPS) is 12.7. The highest BCUT2D eigenvalue weighted by atomic mass is 16.5. The average Bonchev–Trinajstić information content (AvgIpc) is 2.69. The Labute approximate surface area is 93.2 Å². The first-order valence-electron chi connectivity index (χ1n) is 4.98. The Morgan fingerprint density at radius 3 is 2.88 bits per heavy atom. The first-order valence-corrected chi connectivity index (χ1v) is 4.98. The highest BCUT2D eigenvalue weighted by molar-refractivity contribution is 5.91. The molecule has 1 heterocycles. The van der Waals surface area contributed by atoms with Crippen molar-refractivity contribution in [2.45, 2.75) is 26.0 Å². The predicted molar refractivity (Wildman–Crippen MR) is 55.7 cm³/mol. The van der Waals surface area contributed by atoms with Crippen LogP contribution in [-0.4, -0.2) is 39.7 Å². The van der Waals surface area contributed by atoms with Crippen LogP contribution in [0.1, 0.15) is 35.6 Å². The van der Waals surface area contributed by atoms with Crippen LogP contribution in [0.25, 0.3) is 0 Å². The number of aryl methyl sites for hydroxylation is 1. The summed E-state index contributed by atoms with van der Waals surface area (Å²) in [6, 6.07) is 0. The number of aromatic nitrogens is 3. The van der Waals surface area contributed by atoms with E-state index in [0.717, 1.165) is 0 Å². The number of primary amides is 1. The van der Waals surface area contributed by atoms with Crippen molar-refractivity contribution in [2.75, 3.05) is 13.7 Å². The van der Waals surface area contributed by atoms with Gasteiger partial charge in [-0.15, -0.1) is 5.10 Å². The standard InChI is InChI=1S/C9H16N4O3/c1-6(16-2)8-7(9(10)15)11-12-13(8)4-3-5-14/h6,14H,3-5H2,1-2H3,(H2,10,15). The van der Waals surface area contributed by atoms with E-state index in [9.17, 15) is 4.79 Å². The molecule has 7 heteroatoms. The second-order valence-electron chi connectivity index (χ2n) is 3.37. The zero-order valence-corrected chi connectivity index (χ0v) is 9.38. The number of amides is 1. The number of methoxy groups -OCH3 is 1. The van der Waals surface area contributed by atoms with Crippen LogP contribution < -0.4 is 5.73 Å². The minimum absolute atomic E-state index is 0.0482. The van der Waals surface area contributed by atoms with Crippen molar-refractivity contribution in [3.63, 3.8) is 0 Å². The van der Waals surface area contributed by atoms with Gasteiger partial charge < -0.3 is 15.6 Å². The van der Waals surface area contributed by atoms with E-state index in [-0.39, 0.29) is 18.4 Å². The van der Waals surface area contributed by atoms with Gasteiger partial charge in [0, 0.05) is 20.3 Å². The lowest BCUT2D eigenvalue weighted by molar-refractivity contribution is 0.0959. The van der Waals surface area contributed by atoms with Gasteiger partial charge in [0.2, 0.25) is 0 Å². The summed E-state index contributed by atoms with van der Waals surface area (Å²) in [5.41, 5.74) is 5.85. The van der Waals surface area contributed by atoms with Crippen LogP contribution in [-0.2, 0) is 11.3 Å². The zero-order chi connectivity index (χ0) is 12.1. The molecule has 0 radical (unpaired) electrons. The molecule has 1 unspecified atom stereocenters. The third-order valence-electron chi connectivity index (χ3n) is 2.27. The van der Waals surface area contributed by atoms with Gasteiger partial charge in [0.05, 0.1) is 6.10 Å². The highest BCUT2D eigenvalue weighted by Crippen LogP contribution is 2.18. The number of hydrogen-bond acceptors (Lipinski definition) is 5. The fourth-order valence-electron chi connectivity index (χ4n) is 1.40. The number of ether oxygens (including phenoxy) is 1. The van der Waals surface area contributed by atoms with Crippen LogP contribution in [0, 0.1) is 0 Å². The second-order valence-corrected chi connectivity index (χ2v) is 3.37. The van der Waals surface area contributed by atoms with E-state index >= 15 is 0 Å². The van der Waals surface area contributed by atoms with Crippen LogP contribution in [0.15, 0.2) is 0 Å². The second kappa shape index (κ2) is 5.57. The number of nitrogens with zero attached hydrogens (tertiary/aromatic N) is 3. The van der Waals surface area contributed by atoms with Crippen LogP contribution in [0.4, 0.5) is 0 Å². The number of aliphatic hydroxyl groups is 1. The van der Waals surface area contributed by atoms with Crippen molar-refractivity contribution < 1.29 is 14.6 Å². The monoisotopic (exact) mass is 228 g/mol. The molecular formula is C9H16N4O3. The summed E-state index contributed by atoms with van der Waals surface area (Å²) in [6.45, 7) is 2.30. The molecule has 0 aliphatic carbocycles. The summed E-state index contributed by atoms with van der Waals surface area (Å²) in [6.07, 6.45) is 0.210. The molecule has 3 N–H and O–H groups in total. The predicted octanol–water partition coefficient (Wildman–Crippen LogP) is -0.533. The maximum atomic E-state index is 11.1. The lowest BCUT2D eigenvalue weighted by Crippen LogP contribution is -2.18. The van der Waals surface area contributed by atoms with Crippen molar-refractivity contribution in [1.29, 1.82) is 0 Å². The lowest BCUT2D eigenvalue weighted by atomic mass is 10.2. The van der Waals surface area contributed by atoms with Crippen molar-refractivity contribution in [1.82, 2.24) is 15.0 Å². The van der Waals surface area contributed by atoms with Gasteiger partial charge in [0.1, 0.15) is 5.69 Å². The molecule has 0 saturated heterocycles. The third kappa shape index (κ3) is 2.56. The highest BCUT2D eigenvalue weighted by Gasteiger charge is 2.22. The molecule has 0 bridgehead atoms. The Balaban J connectivity index is 3.04. The number of carbonyl (C=O) groups is 1. The molecule has 1 aromatic rings. The molecule has 0 aliphatic rings. The minimum atomic E-state index is -0.630. The molecule has 0 aliphatic heterocycles. The van der Waals surface area contributed by atoms with E-state index < -0.39 is 5.91 Å². The Hall–Kier alpha value is -1.47. The summed E-state index contributed by atoms with van der Waals surface area (Å²) >= 11 is 0. The van der Waals surface area contributed by atoms with Gasteiger partial charge in [-0.2, -0.15) is 0 Å². The van der Waals surface area contributed by atoms with E-state index in [1.807, 2.05) is 0 Å². The third-order valence-corrected chi connectivity index (χ3v) is 2.27. The maximum absolute atomic E-state index is 11.1. The molecule has 1 aromatic heterocycles. The summed E-state index contributed by atoms with van der Waals surface area (Å²) in [5, 5.41) is 16.3. The molecule has 0 aromatic carbocycles. The molecule has 1 amide bonds. The van der Waals surface area contributed by atoms with Gasteiger partial charge >= 0.3 is 0 Å². The van der Waals surface area contributed by atoms with Gasteiger partial charge in [-0.1, -0.05) is 5.21 Å². The quantitative estimate of drug-likeness (QED) is 0.681. The van der Waals surface area contributed by atoms with E-state index in [1.165, 1.54) is 11.8 Å². The van der Waals surface area contributed by atoms with Crippen molar-refractivity contribution in [3.8, 4) is 0 Å². The van der Waals surface area contributed by atoms with Crippen LogP contribution >= 0.6 is 0 Å². The largest absolute Gasteiger partial charge is 0.396 e. The fraction of sp³-hybridized carbons (Fsp3) is 0.667. The lowest BCUT2D eigenvalue weighted by Gasteiger charge is -2.12. The van der Waals surface area contributed by atoms with Gasteiger partial charge in [-0.3, -0.25) is 4.79 Å². The molecule has 0 fully saturated rings.